The van der Waals surface area contributed by atoms with Gasteiger partial charge in [0.05, 0.1) is 5.69 Å². The number of aromatic nitrogens is 1. The largest absolute Gasteiger partial charge is 0.396 e. The number of hydrogen-bond donors (Lipinski definition) is 3. The summed E-state index contributed by atoms with van der Waals surface area (Å²) in [6, 6.07) is 9.52. The second-order valence-corrected chi connectivity index (χ2v) is 4.69. The van der Waals surface area contributed by atoms with Gasteiger partial charge in [0.15, 0.2) is 5.82 Å². The number of hydrogen-bond acceptors (Lipinski definition) is 4. The molecule has 0 bridgehead atoms. The number of rotatable bonds is 4. The zero-order valence-electron chi connectivity index (χ0n) is 10.7. The van der Waals surface area contributed by atoms with Crippen molar-refractivity contribution in [3.05, 3.63) is 46.6 Å². The van der Waals surface area contributed by atoms with E-state index in [2.05, 4.69) is 10.3 Å². The third-order valence-electron chi connectivity index (χ3n) is 2.80. The summed E-state index contributed by atoms with van der Waals surface area (Å²) in [7, 11) is 0. The van der Waals surface area contributed by atoms with E-state index < -0.39 is 0 Å². The van der Waals surface area contributed by atoms with Crippen molar-refractivity contribution in [2.45, 2.75) is 13.3 Å². The second-order valence-electron chi connectivity index (χ2n) is 4.33. The number of halogens is 1. The quantitative estimate of drug-likeness (QED) is 0.752. The van der Waals surface area contributed by atoms with Crippen LogP contribution in [0.3, 0.4) is 0 Å². The van der Waals surface area contributed by atoms with Crippen molar-refractivity contribution in [2.24, 2.45) is 0 Å². The van der Waals surface area contributed by atoms with E-state index >= 15 is 0 Å². The van der Waals surface area contributed by atoms with Crippen LogP contribution in [0.25, 0.3) is 0 Å². The molecule has 0 atom stereocenters. The minimum atomic E-state index is 0.148. The molecule has 0 amide bonds. The first-order chi connectivity index (χ1) is 9.10. The van der Waals surface area contributed by atoms with Crippen molar-refractivity contribution in [1.82, 2.24) is 4.98 Å². The molecule has 0 spiro atoms. The van der Waals surface area contributed by atoms with Gasteiger partial charge in [-0.3, -0.25) is 0 Å². The van der Waals surface area contributed by atoms with Crippen molar-refractivity contribution in [3.63, 3.8) is 0 Å². The van der Waals surface area contributed by atoms with Crippen LogP contribution in [0.1, 0.15) is 11.1 Å². The maximum absolute atomic E-state index is 8.86. The van der Waals surface area contributed by atoms with Crippen LogP contribution in [0.2, 0.25) is 5.15 Å². The number of nitrogens with one attached hydrogen (secondary N) is 1. The lowest BCUT2D eigenvalue weighted by atomic mass is 10.1. The van der Waals surface area contributed by atoms with Gasteiger partial charge in [-0.15, -0.1) is 0 Å². The molecule has 1 heterocycles. The molecule has 4 N–H and O–H groups in total. The molecule has 0 radical (unpaired) electrons. The summed E-state index contributed by atoms with van der Waals surface area (Å²) in [6.45, 7) is 2.01. The fourth-order valence-electron chi connectivity index (χ4n) is 1.73. The molecule has 0 aliphatic heterocycles. The Morgan fingerprint density at radius 3 is 2.63 bits per heavy atom. The number of nitrogens with zero attached hydrogens (tertiary/aromatic N) is 1. The first kappa shape index (κ1) is 13.6. The summed E-state index contributed by atoms with van der Waals surface area (Å²) < 4.78 is 0. The zero-order valence-corrected chi connectivity index (χ0v) is 11.4. The molecule has 0 saturated heterocycles. The van der Waals surface area contributed by atoms with E-state index in [-0.39, 0.29) is 6.61 Å². The van der Waals surface area contributed by atoms with Crippen molar-refractivity contribution in [3.8, 4) is 0 Å². The third-order valence-corrected chi connectivity index (χ3v) is 3.18. The molecule has 2 aromatic rings. The molecule has 5 heteroatoms. The highest BCUT2D eigenvalue weighted by Gasteiger charge is 2.06. The summed E-state index contributed by atoms with van der Waals surface area (Å²) in [4.78, 5) is 4.22. The Morgan fingerprint density at radius 2 is 2.00 bits per heavy atom. The number of nitrogens with two attached hydrogens (primary N) is 1. The van der Waals surface area contributed by atoms with Crippen LogP contribution < -0.4 is 11.1 Å². The smallest absolute Gasteiger partial charge is 0.155 e. The SMILES string of the molecule is Cc1cc(N)c(Nc2ccc(CCO)cc2)nc1Cl. The van der Waals surface area contributed by atoms with E-state index in [0.29, 0.717) is 23.1 Å². The first-order valence-corrected chi connectivity index (χ1v) is 6.37. The number of aliphatic hydroxyl groups excluding tert-OH is 1. The summed E-state index contributed by atoms with van der Waals surface area (Å²) in [6.07, 6.45) is 0.650. The maximum atomic E-state index is 8.86. The molecule has 0 aliphatic rings. The standard InChI is InChI=1S/C14H16ClN3O/c1-9-8-12(16)14(18-13(9)15)17-11-4-2-10(3-5-11)6-7-19/h2-5,8,19H,6-7,16H2,1H3,(H,17,18). The normalized spacial score (nSPS) is 10.5. The van der Waals surface area contributed by atoms with Crippen LogP contribution in [0.15, 0.2) is 30.3 Å². The molecule has 100 valence electrons. The van der Waals surface area contributed by atoms with Crippen LogP contribution in [0.5, 0.6) is 0 Å². The minimum Gasteiger partial charge on any atom is -0.396 e. The molecular weight excluding hydrogens is 262 g/mol. The Kier molecular flexibility index (Phi) is 4.24. The molecule has 0 saturated carbocycles. The van der Waals surface area contributed by atoms with Crippen LogP contribution in [-0.2, 0) is 6.42 Å². The van der Waals surface area contributed by atoms with E-state index in [1.54, 1.807) is 6.07 Å². The topological polar surface area (TPSA) is 71.2 Å². The maximum Gasteiger partial charge on any atom is 0.155 e. The lowest BCUT2D eigenvalue weighted by molar-refractivity contribution is 0.299. The molecular formula is C14H16ClN3O. The minimum absolute atomic E-state index is 0.148. The molecule has 1 aromatic carbocycles. The molecule has 2 rings (SSSR count). The Balaban J connectivity index is 2.19. The fourth-order valence-corrected chi connectivity index (χ4v) is 1.87. The lowest BCUT2D eigenvalue weighted by Crippen LogP contribution is -2.01. The van der Waals surface area contributed by atoms with Crippen molar-refractivity contribution in [2.75, 3.05) is 17.7 Å². The number of aryl methyl sites for hydroxylation is 1. The Morgan fingerprint density at radius 1 is 1.32 bits per heavy atom. The molecule has 0 aliphatic carbocycles. The van der Waals surface area contributed by atoms with Crippen LogP contribution in [0, 0.1) is 6.92 Å². The van der Waals surface area contributed by atoms with E-state index in [9.17, 15) is 0 Å². The Hall–Kier alpha value is -1.78. The monoisotopic (exact) mass is 277 g/mol. The van der Waals surface area contributed by atoms with Crippen molar-refractivity contribution in [1.29, 1.82) is 0 Å². The molecule has 1 aromatic heterocycles. The summed E-state index contributed by atoms with van der Waals surface area (Å²) >= 11 is 5.98. The Labute approximate surface area is 117 Å². The molecule has 0 unspecified atom stereocenters. The van der Waals surface area contributed by atoms with Gasteiger partial charge in [-0.2, -0.15) is 0 Å². The van der Waals surface area contributed by atoms with Gasteiger partial charge in [0.25, 0.3) is 0 Å². The number of anilines is 3. The second kappa shape index (κ2) is 5.91. The van der Waals surface area contributed by atoms with Crippen molar-refractivity contribution >= 4 is 28.8 Å². The van der Waals surface area contributed by atoms with Gasteiger partial charge in [-0.05, 0) is 42.7 Å². The number of nitrogen functional groups attached to an aromatic ring is 1. The molecule has 19 heavy (non-hydrogen) atoms. The van der Waals surface area contributed by atoms with E-state index in [0.717, 1.165) is 16.8 Å². The Bertz CT molecular complexity index is 570. The molecule has 0 fully saturated rings. The van der Waals surface area contributed by atoms with Gasteiger partial charge in [-0.25, -0.2) is 4.98 Å². The predicted molar refractivity (Wildman–Crippen MR) is 78.9 cm³/mol. The number of aliphatic hydroxyl groups is 1. The predicted octanol–water partition coefficient (Wildman–Crippen LogP) is 2.90. The van der Waals surface area contributed by atoms with E-state index in [1.807, 2.05) is 31.2 Å². The first-order valence-electron chi connectivity index (χ1n) is 5.99. The zero-order chi connectivity index (χ0) is 13.8. The van der Waals surface area contributed by atoms with Gasteiger partial charge in [0, 0.05) is 12.3 Å². The lowest BCUT2D eigenvalue weighted by Gasteiger charge is -2.10. The van der Waals surface area contributed by atoms with Crippen LogP contribution in [-0.4, -0.2) is 16.7 Å². The van der Waals surface area contributed by atoms with Gasteiger partial charge in [0.1, 0.15) is 5.15 Å². The average Bonchev–Trinajstić information content (AvgIpc) is 2.38. The van der Waals surface area contributed by atoms with Gasteiger partial charge >= 0.3 is 0 Å². The van der Waals surface area contributed by atoms with Crippen molar-refractivity contribution < 1.29 is 5.11 Å². The number of pyridine rings is 1. The number of benzene rings is 1. The van der Waals surface area contributed by atoms with E-state index in [4.69, 9.17) is 22.4 Å². The van der Waals surface area contributed by atoms with E-state index in [1.165, 1.54) is 0 Å². The highest BCUT2D eigenvalue weighted by atomic mass is 35.5. The van der Waals surface area contributed by atoms with Gasteiger partial charge < -0.3 is 16.2 Å². The van der Waals surface area contributed by atoms with Gasteiger partial charge in [-0.1, -0.05) is 23.7 Å². The average molecular weight is 278 g/mol. The third kappa shape index (κ3) is 3.36. The van der Waals surface area contributed by atoms with Crippen LogP contribution >= 0.6 is 11.6 Å². The summed E-state index contributed by atoms with van der Waals surface area (Å²) in [5.74, 6) is 0.547. The molecule has 4 nitrogen and oxygen atoms in total. The van der Waals surface area contributed by atoms with Gasteiger partial charge in [0.2, 0.25) is 0 Å². The highest BCUT2D eigenvalue weighted by Crippen LogP contribution is 2.25. The summed E-state index contributed by atoms with van der Waals surface area (Å²) in [5.41, 5.74) is 9.26. The fraction of sp³-hybridized carbons (Fsp3) is 0.214. The van der Waals surface area contributed by atoms with Crippen LogP contribution in [0.4, 0.5) is 17.2 Å². The summed E-state index contributed by atoms with van der Waals surface area (Å²) in [5, 5.41) is 12.4. The highest BCUT2D eigenvalue weighted by molar-refractivity contribution is 6.30.